The second-order valence-corrected chi connectivity index (χ2v) is 6.07. The maximum absolute atomic E-state index is 13.6. The predicted molar refractivity (Wildman–Crippen MR) is 61.6 cm³/mol. The summed E-state index contributed by atoms with van der Waals surface area (Å²) < 4.78 is 41.3. The Morgan fingerprint density at radius 2 is 2.17 bits per heavy atom. The molecule has 0 aromatic heterocycles. The highest BCUT2D eigenvalue weighted by Crippen LogP contribution is 2.23. The van der Waals surface area contributed by atoms with Crippen molar-refractivity contribution in [2.75, 3.05) is 12.8 Å². The smallest absolute Gasteiger partial charge is 0.261 e. The van der Waals surface area contributed by atoms with E-state index < -0.39 is 21.8 Å². The molecular weight excluding hydrogens is 261 g/mol. The molecule has 0 bridgehead atoms. The van der Waals surface area contributed by atoms with Crippen LogP contribution in [-0.4, -0.2) is 33.2 Å². The molecular formula is C11H12FNO4S. The number of ether oxygens (including phenoxy) is 1. The van der Waals surface area contributed by atoms with Gasteiger partial charge in [0.2, 0.25) is 0 Å². The van der Waals surface area contributed by atoms with Crippen LogP contribution in [-0.2, 0) is 14.6 Å². The van der Waals surface area contributed by atoms with Crippen LogP contribution in [0.25, 0.3) is 0 Å². The number of nitrogens with one attached hydrogen (secondary N) is 1. The van der Waals surface area contributed by atoms with Gasteiger partial charge >= 0.3 is 0 Å². The van der Waals surface area contributed by atoms with Gasteiger partial charge in [0.1, 0.15) is 0 Å². The summed E-state index contributed by atoms with van der Waals surface area (Å²) in [6.07, 6.45) is 0.738. The van der Waals surface area contributed by atoms with E-state index in [0.717, 1.165) is 12.3 Å². The van der Waals surface area contributed by atoms with Crippen molar-refractivity contribution >= 4 is 15.7 Å². The van der Waals surface area contributed by atoms with E-state index in [4.69, 9.17) is 4.74 Å². The van der Waals surface area contributed by atoms with Crippen LogP contribution in [0.3, 0.4) is 0 Å². The van der Waals surface area contributed by atoms with Gasteiger partial charge in [0.05, 0.1) is 4.90 Å². The highest BCUT2D eigenvalue weighted by molar-refractivity contribution is 7.90. The number of rotatable bonds is 3. The normalized spacial score (nSPS) is 19.7. The highest BCUT2D eigenvalue weighted by atomic mass is 32.2. The van der Waals surface area contributed by atoms with E-state index >= 15 is 0 Å². The SMILES string of the molecule is CS(=O)(=O)c1ccc(OC2CCNC2=O)c(F)c1. The number of hydrogen-bond donors (Lipinski definition) is 1. The Kier molecular flexibility index (Phi) is 3.25. The number of halogens is 1. The summed E-state index contributed by atoms with van der Waals surface area (Å²) >= 11 is 0. The van der Waals surface area contributed by atoms with Crippen LogP contribution in [0.5, 0.6) is 5.75 Å². The monoisotopic (exact) mass is 273 g/mol. The fourth-order valence-electron chi connectivity index (χ4n) is 1.64. The number of hydrogen-bond acceptors (Lipinski definition) is 4. The van der Waals surface area contributed by atoms with Crippen molar-refractivity contribution in [2.45, 2.75) is 17.4 Å². The summed E-state index contributed by atoms with van der Waals surface area (Å²) in [6, 6.07) is 3.36. The second kappa shape index (κ2) is 4.56. The van der Waals surface area contributed by atoms with Gasteiger partial charge in [0, 0.05) is 19.2 Å². The molecule has 7 heteroatoms. The van der Waals surface area contributed by atoms with Crippen molar-refractivity contribution in [2.24, 2.45) is 0 Å². The van der Waals surface area contributed by atoms with Crippen molar-refractivity contribution < 1.29 is 22.3 Å². The van der Waals surface area contributed by atoms with Gasteiger partial charge in [0.25, 0.3) is 5.91 Å². The zero-order valence-electron chi connectivity index (χ0n) is 9.64. The maximum Gasteiger partial charge on any atom is 0.261 e. The highest BCUT2D eigenvalue weighted by Gasteiger charge is 2.27. The van der Waals surface area contributed by atoms with Crippen LogP contribution >= 0.6 is 0 Å². The molecule has 1 amide bonds. The van der Waals surface area contributed by atoms with Crippen molar-refractivity contribution in [3.63, 3.8) is 0 Å². The lowest BCUT2D eigenvalue weighted by molar-refractivity contribution is -0.125. The molecule has 18 heavy (non-hydrogen) atoms. The largest absolute Gasteiger partial charge is 0.477 e. The standard InChI is InChI=1S/C11H12FNO4S/c1-18(15,16)7-2-3-9(8(12)6-7)17-10-4-5-13-11(10)14/h2-3,6,10H,4-5H2,1H3,(H,13,14). The summed E-state index contributed by atoms with van der Waals surface area (Å²) in [6.45, 7) is 0.493. The van der Waals surface area contributed by atoms with Gasteiger partial charge in [-0.15, -0.1) is 0 Å². The zero-order valence-corrected chi connectivity index (χ0v) is 10.5. The van der Waals surface area contributed by atoms with Crippen LogP contribution in [0.1, 0.15) is 6.42 Å². The summed E-state index contributed by atoms with van der Waals surface area (Å²) in [5, 5.41) is 2.56. The molecule has 0 radical (unpaired) electrons. The molecule has 0 spiro atoms. The molecule has 1 heterocycles. The molecule has 1 saturated heterocycles. The van der Waals surface area contributed by atoms with Gasteiger partial charge in [-0.2, -0.15) is 0 Å². The minimum absolute atomic E-state index is 0.121. The van der Waals surface area contributed by atoms with E-state index in [2.05, 4.69) is 5.32 Å². The molecule has 0 aliphatic carbocycles. The first-order chi connectivity index (χ1) is 8.38. The minimum atomic E-state index is -3.45. The fraction of sp³-hybridized carbons (Fsp3) is 0.364. The zero-order chi connectivity index (χ0) is 13.3. The minimum Gasteiger partial charge on any atom is -0.477 e. The van der Waals surface area contributed by atoms with Gasteiger partial charge in [-0.25, -0.2) is 12.8 Å². The van der Waals surface area contributed by atoms with Gasteiger partial charge in [-0.3, -0.25) is 4.79 Å². The van der Waals surface area contributed by atoms with Gasteiger partial charge in [-0.05, 0) is 18.2 Å². The van der Waals surface area contributed by atoms with Crippen molar-refractivity contribution in [1.82, 2.24) is 5.32 Å². The number of sulfone groups is 1. The quantitative estimate of drug-likeness (QED) is 0.870. The van der Waals surface area contributed by atoms with E-state index in [1.54, 1.807) is 0 Å². The lowest BCUT2D eigenvalue weighted by atomic mass is 10.3. The Morgan fingerprint density at radius 3 is 2.67 bits per heavy atom. The summed E-state index contributed by atoms with van der Waals surface area (Å²) in [5.74, 6) is -1.20. The average molecular weight is 273 g/mol. The molecule has 2 rings (SSSR count). The van der Waals surface area contributed by atoms with E-state index in [9.17, 15) is 17.6 Å². The van der Waals surface area contributed by atoms with Crippen LogP contribution in [0.4, 0.5) is 4.39 Å². The Balaban J connectivity index is 2.23. The molecule has 1 atom stereocenters. The molecule has 98 valence electrons. The Hall–Kier alpha value is -1.63. The summed E-state index contributed by atoms with van der Waals surface area (Å²) in [7, 11) is -3.45. The third-order valence-corrected chi connectivity index (χ3v) is 3.71. The first-order valence-corrected chi connectivity index (χ1v) is 7.21. The molecule has 1 N–H and O–H groups in total. The molecule has 1 aromatic carbocycles. The van der Waals surface area contributed by atoms with Crippen LogP contribution in [0.2, 0.25) is 0 Å². The Labute approximate surface area is 104 Å². The van der Waals surface area contributed by atoms with Crippen LogP contribution < -0.4 is 10.1 Å². The second-order valence-electron chi connectivity index (χ2n) is 4.05. The Bertz CT molecular complexity index is 585. The maximum atomic E-state index is 13.6. The van der Waals surface area contributed by atoms with Crippen molar-refractivity contribution in [3.8, 4) is 5.75 Å². The summed E-state index contributed by atoms with van der Waals surface area (Å²) in [5.41, 5.74) is 0. The molecule has 1 unspecified atom stereocenters. The topological polar surface area (TPSA) is 72.5 Å². The van der Waals surface area contributed by atoms with Gasteiger partial charge in [0.15, 0.2) is 27.5 Å². The number of benzene rings is 1. The number of carbonyl (C=O) groups is 1. The molecule has 1 aromatic rings. The number of amides is 1. The predicted octanol–water partition coefficient (Wildman–Crippen LogP) is 0.497. The fourth-order valence-corrected chi connectivity index (χ4v) is 2.28. The third kappa shape index (κ3) is 2.61. The molecule has 1 aliphatic heterocycles. The first-order valence-electron chi connectivity index (χ1n) is 5.32. The van der Waals surface area contributed by atoms with E-state index in [-0.39, 0.29) is 16.6 Å². The van der Waals surface area contributed by atoms with Gasteiger partial charge in [-0.1, -0.05) is 0 Å². The molecule has 1 fully saturated rings. The number of carbonyl (C=O) groups excluding carboxylic acids is 1. The van der Waals surface area contributed by atoms with E-state index in [0.29, 0.717) is 13.0 Å². The van der Waals surface area contributed by atoms with Crippen LogP contribution in [0, 0.1) is 5.82 Å². The lowest BCUT2D eigenvalue weighted by Gasteiger charge is -2.12. The Morgan fingerprint density at radius 1 is 1.44 bits per heavy atom. The first kappa shape index (κ1) is 12.8. The molecule has 5 nitrogen and oxygen atoms in total. The third-order valence-electron chi connectivity index (χ3n) is 2.60. The van der Waals surface area contributed by atoms with E-state index in [1.807, 2.05) is 0 Å². The van der Waals surface area contributed by atoms with Crippen molar-refractivity contribution in [3.05, 3.63) is 24.0 Å². The van der Waals surface area contributed by atoms with E-state index in [1.165, 1.54) is 12.1 Å². The van der Waals surface area contributed by atoms with Crippen molar-refractivity contribution in [1.29, 1.82) is 0 Å². The van der Waals surface area contributed by atoms with Gasteiger partial charge < -0.3 is 10.1 Å². The lowest BCUT2D eigenvalue weighted by Crippen LogP contribution is -2.27. The molecule has 0 saturated carbocycles. The van der Waals surface area contributed by atoms with Crippen LogP contribution in [0.15, 0.2) is 23.1 Å². The summed E-state index contributed by atoms with van der Waals surface area (Å²) in [4.78, 5) is 11.1. The average Bonchev–Trinajstić information content (AvgIpc) is 2.66. The molecule has 1 aliphatic rings.